The zero-order valence-electron chi connectivity index (χ0n) is 12.3. The van der Waals surface area contributed by atoms with Crippen molar-refractivity contribution in [1.29, 1.82) is 0 Å². The van der Waals surface area contributed by atoms with E-state index in [-0.39, 0.29) is 0 Å². The summed E-state index contributed by atoms with van der Waals surface area (Å²) in [7, 11) is 0. The maximum absolute atomic E-state index is 3.76. The van der Waals surface area contributed by atoms with Crippen molar-refractivity contribution in [2.24, 2.45) is 0 Å². The number of hydrogen-bond donors (Lipinski definition) is 1. The molecule has 0 heterocycles. The van der Waals surface area contributed by atoms with E-state index in [1.165, 1.54) is 37.7 Å². The molecule has 0 aliphatic heterocycles. The molecule has 106 valence electrons. The summed E-state index contributed by atoms with van der Waals surface area (Å²) in [4.78, 5) is 0. The van der Waals surface area contributed by atoms with Gasteiger partial charge in [0.2, 0.25) is 0 Å². The van der Waals surface area contributed by atoms with Crippen LogP contribution >= 0.6 is 11.8 Å². The van der Waals surface area contributed by atoms with E-state index in [1.54, 1.807) is 0 Å². The molecule has 1 aromatic carbocycles. The van der Waals surface area contributed by atoms with Gasteiger partial charge in [-0.05, 0) is 56.4 Å². The van der Waals surface area contributed by atoms with Crippen LogP contribution in [0.15, 0.2) is 30.3 Å². The quantitative estimate of drug-likeness (QED) is 0.825. The first kappa shape index (κ1) is 14.9. The third-order valence-corrected chi connectivity index (χ3v) is 5.52. The highest BCUT2D eigenvalue weighted by molar-refractivity contribution is 7.99. The fourth-order valence-electron chi connectivity index (χ4n) is 2.95. The summed E-state index contributed by atoms with van der Waals surface area (Å²) in [5.74, 6) is 0.663. The summed E-state index contributed by atoms with van der Waals surface area (Å²) >= 11 is 2.05. The van der Waals surface area contributed by atoms with E-state index >= 15 is 0 Å². The molecule has 0 spiro atoms. The molecular formula is C17H27NS. The Morgan fingerprint density at radius 1 is 1.16 bits per heavy atom. The molecular weight excluding hydrogens is 250 g/mol. The molecule has 1 unspecified atom stereocenters. The summed E-state index contributed by atoms with van der Waals surface area (Å²) in [6.45, 7) is 3.49. The summed E-state index contributed by atoms with van der Waals surface area (Å²) in [5.41, 5.74) is 1.47. The molecule has 1 aliphatic rings. The average molecular weight is 277 g/mol. The fraction of sp³-hybridized carbons (Fsp3) is 0.647. The minimum atomic E-state index is 0.663. The van der Waals surface area contributed by atoms with Crippen LogP contribution in [0.4, 0.5) is 0 Å². The fourth-order valence-corrected chi connectivity index (χ4v) is 3.70. The molecule has 2 heteroatoms. The van der Waals surface area contributed by atoms with Gasteiger partial charge in [-0.2, -0.15) is 11.8 Å². The SMILES string of the molecule is CSC1CCC(NCCC(C)c2ccccc2)CC1. The Balaban J connectivity index is 1.64. The molecule has 1 aliphatic carbocycles. The predicted octanol–water partition coefficient (Wildman–Crippen LogP) is 4.44. The molecule has 0 bridgehead atoms. The maximum atomic E-state index is 3.76. The van der Waals surface area contributed by atoms with Crippen LogP contribution in [-0.2, 0) is 0 Å². The Morgan fingerprint density at radius 2 is 1.84 bits per heavy atom. The summed E-state index contributed by atoms with van der Waals surface area (Å²) in [6.07, 6.45) is 9.02. The van der Waals surface area contributed by atoms with Crippen LogP contribution in [0, 0.1) is 0 Å². The van der Waals surface area contributed by atoms with E-state index in [4.69, 9.17) is 0 Å². The predicted molar refractivity (Wildman–Crippen MR) is 87.0 cm³/mol. The lowest BCUT2D eigenvalue weighted by Crippen LogP contribution is -2.34. The minimum Gasteiger partial charge on any atom is -0.314 e. The second-order valence-electron chi connectivity index (χ2n) is 5.76. The summed E-state index contributed by atoms with van der Waals surface area (Å²) < 4.78 is 0. The Hall–Kier alpha value is -0.470. The van der Waals surface area contributed by atoms with Crippen molar-refractivity contribution in [2.75, 3.05) is 12.8 Å². The summed E-state index contributed by atoms with van der Waals surface area (Å²) in [5, 5.41) is 4.68. The lowest BCUT2D eigenvalue weighted by Gasteiger charge is -2.28. The van der Waals surface area contributed by atoms with E-state index < -0.39 is 0 Å². The number of rotatable bonds is 6. The molecule has 19 heavy (non-hydrogen) atoms. The first-order valence-corrected chi connectivity index (χ1v) is 8.89. The van der Waals surface area contributed by atoms with Crippen molar-refractivity contribution in [3.8, 4) is 0 Å². The Kier molecular flexibility index (Phi) is 6.25. The van der Waals surface area contributed by atoms with Crippen LogP contribution in [0.1, 0.15) is 50.5 Å². The van der Waals surface area contributed by atoms with E-state index in [9.17, 15) is 0 Å². The standard InChI is InChI=1S/C17H27NS/c1-14(15-6-4-3-5-7-15)12-13-18-16-8-10-17(19-2)11-9-16/h3-7,14,16-18H,8-13H2,1-2H3. The van der Waals surface area contributed by atoms with Crippen molar-refractivity contribution in [2.45, 2.75) is 56.2 Å². The molecule has 1 saturated carbocycles. The van der Waals surface area contributed by atoms with Crippen LogP contribution in [0.5, 0.6) is 0 Å². The molecule has 1 N–H and O–H groups in total. The van der Waals surface area contributed by atoms with Crippen LogP contribution in [0.25, 0.3) is 0 Å². The van der Waals surface area contributed by atoms with Gasteiger partial charge in [-0.25, -0.2) is 0 Å². The molecule has 0 amide bonds. The lowest BCUT2D eigenvalue weighted by atomic mass is 9.94. The summed E-state index contributed by atoms with van der Waals surface area (Å²) in [6, 6.07) is 11.6. The van der Waals surface area contributed by atoms with E-state index in [1.807, 2.05) is 11.8 Å². The Bertz CT molecular complexity index is 344. The number of nitrogens with one attached hydrogen (secondary N) is 1. The highest BCUT2D eigenvalue weighted by atomic mass is 32.2. The van der Waals surface area contributed by atoms with Crippen LogP contribution in [0.3, 0.4) is 0 Å². The zero-order valence-corrected chi connectivity index (χ0v) is 13.1. The first-order valence-electron chi connectivity index (χ1n) is 7.60. The second-order valence-corrected chi connectivity index (χ2v) is 6.90. The molecule has 1 atom stereocenters. The van der Waals surface area contributed by atoms with E-state index in [2.05, 4.69) is 48.8 Å². The van der Waals surface area contributed by atoms with Gasteiger partial charge in [-0.1, -0.05) is 37.3 Å². The van der Waals surface area contributed by atoms with Crippen LogP contribution in [-0.4, -0.2) is 24.1 Å². The monoisotopic (exact) mass is 277 g/mol. The third kappa shape index (κ3) is 4.85. The number of thioether (sulfide) groups is 1. The molecule has 2 rings (SSSR count). The van der Waals surface area contributed by atoms with Gasteiger partial charge in [0.25, 0.3) is 0 Å². The average Bonchev–Trinajstić information content (AvgIpc) is 2.49. The van der Waals surface area contributed by atoms with Crippen LogP contribution in [0.2, 0.25) is 0 Å². The topological polar surface area (TPSA) is 12.0 Å². The van der Waals surface area contributed by atoms with Crippen molar-refractivity contribution in [3.05, 3.63) is 35.9 Å². The van der Waals surface area contributed by atoms with Gasteiger partial charge in [0.1, 0.15) is 0 Å². The molecule has 1 fully saturated rings. The van der Waals surface area contributed by atoms with E-state index in [0.717, 1.165) is 17.8 Å². The molecule has 0 aromatic heterocycles. The van der Waals surface area contributed by atoms with Gasteiger partial charge in [-0.3, -0.25) is 0 Å². The third-order valence-electron chi connectivity index (χ3n) is 4.39. The molecule has 0 saturated heterocycles. The molecule has 1 aromatic rings. The zero-order chi connectivity index (χ0) is 13.5. The highest BCUT2D eigenvalue weighted by Crippen LogP contribution is 2.27. The smallest absolute Gasteiger partial charge is 0.00678 e. The van der Waals surface area contributed by atoms with Crippen molar-refractivity contribution in [1.82, 2.24) is 5.32 Å². The van der Waals surface area contributed by atoms with Crippen molar-refractivity contribution in [3.63, 3.8) is 0 Å². The molecule has 1 nitrogen and oxygen atoms in total. The lowest BCUT2D eigenvalue weighted by molar-refractivity contribution is 0.375. The van der Waals surface area contributed by atoms with Crippen molar-refractivity contribution < 1.29 is 0 Å². The number of hydrogen-bond acceptors (Lipinski definition) is 2. The first-order chi connectivity index (χ1) is 9.29. The molecule has 0 radical (unpaired) electrons. The van der Waals surface area contributed by atoms with Gasteiger partial charge in [0.15, 0.2) is 0 Å². The van der Waals surface area contributed by atoms with Gasteiger partial charge in [0, 0.05) is 11.3 Å². The van der Waals surface area contributed by atoms with Gasteiger partial charge in [0.05, 0.1) is 0 Å². The number of benzene rings is 1. The Labute approximate surface area is 122 Å². The minimum absolute atomic E-state index is 0.663. The largest absolute Gasteiger partial charge is 0.314 e. The Morgan fingerprint density at radius 3 is 2.47 bits per heavy atom. The van der Waals surface area contributed by atoms with E-state index in [0.29, 0.717) is 5.92 Å². The van der Waals surface area contributed by atoms with Crippen molar-refractivity contribution >= 4 is 11.8 Å². The normalized spacial score (nSPS) is 25.2. The van der Waals surface area contributed by atoms with Gasteiger partial charge in [-0.15, -0.1) is 0 Å². The highest BCUT2D eigenvalue weighted by Gasteiger charge is 2.19. The van der Waals surface area contributed by atoms with Gasteiger partial charge >= 0.3 is 0 Å². The van der Waals surface area contributed by atoms with Gasteiger partial charge < -0.3 is 5.32 Å². The second kappa shape index (κ2) is 7.96. The maximum Gasteiger partial charge on any atom is 0.00678 e. The van der Waals surface area contributed by atoms with Crippen LogP contribution < -0.4 is 5.32 Å².